The van der Waals surface area contributed by atoms with Crippen LogP contribution in [0.4, 0.5) is 4.79 Å². The summed E-state index contributed by atoms with van der Waals surface area (Å²) < 4.78 is 5.10. The van der Waals surface area contributed by atoms with E-state index in [1.54, 1.807) is 43.5 Å². The summed E-state index contributed by atoms with van der Waals surface area (Å²) in [5, 5.41) is 3.50. The summed E-state index contributed by atoms with van der Waals surface area (Å²) in [7, 11) is 1.58. The van der Waals surface area contributed by atoms with Gasteiger partial charge >= 0.3 is 6.03 Å². The van der Waals surface area contributed by atoms with Gasteiger partial charge < -0.3 is 10.1 Å². The molecule has 0 unspecified atom stereocenters. The first-order chi connectivity index (χ1) is 13.5. The Labute approximate surface area is 167 Å². The van der Waals surface area contributed by atoms with Crippen molar-refractivity contribution in [3.8, 4) is 5.75 Å². The van der Waals surface area contributed by atoms with Crippen molar-refractivity contribution in [1.29, 1.82) is 0 Å². The molecule has 28 heavy (non-hydrogen) atoms. The predicted molar refractivity (Wildman–Crippen MR) is 106 cm³/mol. The lowest BCUT2D eigenvalue weighted by molar-refractivity contribution is -0.138. The molecular weight excluding hydrogens is 378 g/mol. The number of ether oxygens (including phenoxy) is 1. The SMILES string of the molecule is CC[C@@]1(c2ccccc2)NC(=O)N(NC(=O)CSc2ccc(OC)cc2)C1=O. The first kappa shape index (κ1) is 19.8. The minimum absolute atomic E-state index is 0.0633. The maximum atomic E-state index is 13.0. The number of nitrogens with one attached hydrogen (secondary N) is 2. The van der Waals surface area contributed by atoms with Crippen LogP contribution in [0.3, 0.4) is 0 Å². The second-order valence-electron chi connectivity index (χ2n) is 6.19. The lowest BCUT2D eigenvalue weighted by Crippen LogP contribution is -2.49. The lowest BCUT2D eigenvalue weighted by Gasteiger charge is -2.25. The third-order valence-corrected chi connectivity index (χ3v) is 5.57. The molecule has 0 aromatic heterocycles. The van der Waals surface area contributed by atoms with Crippen molar-refractivity contribution >= 4 is 29.6 Å². The third-order valence-electron chi connectivity index (χ3n) is 4.55. The van der Waals surface area contributed by atoms with Crippen LogP contribution in [0.2, 0.25) is 0 Å². The fourth-order valence-electron chi connectivity index (χ4n) is 3.02. The van der Waals surface area contributed by atoms with Crippen LogP contribution < -0.4 is 15.5 Å². The number of amides is 4. The summed E-state index contributed by atoms with van der Waals surface area (Å²) in [6.45, 7) is 1.82. The van der Waals surface area contributed by atoms with E-state index in [-0.39, 0.29) is 5.75 Å². The van der Waals surface area contributed by atoms with E-state index in [9.17, 15) is 14.4 Å². The summed E-state index contributed by atoms with van der Waals surface area (Å²) in [6.07, 6.45) is 0.370. The van der Waals surface area contributed by atoms with E-state index in [0.29, 0.717) is 12.0 Å². The fourth-order valence-corrected chi connectivity index (χ4v) is 3.71. The molecule has 1 fully saturated rings. The summed E-state index contributed by atoms with van der Waals surface area (Å²) >= 11 is 1.30. The molecule has 2 aromatic rings. The van der Waals surface area contributed by atoms with Gasteiger partial charge in [-0.3, -0.25) is 15.0 Å². The van der Waals surface area contributed by atoms with Crippen molar-refractivity contribution in [3.05, 3.63) is 60.2 Å². The topological polar surface area (TPSA) is 87.7 Å². The van der Waals surface area contributed by atoms with Gasteiger partial charge in [0.25, 0.3) is 5.91 Å². The van der Waals surface area contributed by atoms with E-state index >= 15 is 0 Å². The Hall–Kier alpha value is -3.00. The summed E-state index contributed by atoms with van der Waals surface area (Å²) in [5.41, 5.74) is 1.93. The first-order valence-electron chi connectivity index (χ1n) is 8.78. The van der Waals surface area contributed by atoms with Crippen molar-refractivity contribution in [3.63, 3.8) is 0 Å². The Morgan fingerprint density at radius 1 is 1.14 bits per heavy atom. The average molecular weight is 399 g/mol. The van der Waals surface area contributed by atoms with Crippen molar-refractivity contribution in [1.82, 2.24) is 15.8 Å². The Bertz CT molecular complexity index is 873. The van der Waals surface area contributed by atoms with E-state index < -0.39 is 23.4 Å². The Morgan fingerprint density at radius 2 is 1.82 bits per heavy atom. The summed E-state index contributed by atoms with van der Waals surface area (Å²) in [6, 6.07) is 15.6. The largest absolute Gasteiger partial charge is 0.497 e. The fraction of sp³-hybridized carbons (Fsp3) is 0.250. The van der Waals surface area contributed by atoms with Gasteiger partial charge in [0, 0.05) is 4.90 Å². The molecule has 0 spiro atoms. The highest BCUT2D eigenvalue weighted by molar-refractivity contribution is 8.00. The van der Waals surface area contributed by atoms with Gasteiger partial charge in [0.2, 0.25) is 5.91 Å². The van der Waals surface area contributed by atoms with Crippen molar-refractivity contribution < 1.29 is 19.1 Å². The molecule has 0 saturated carbocycles. The maximum Gasteiger partial charge on any atom is 0.344 e. The number of methoxy groups -OCH3 is 1. The van der Waals surface area contributed by atoms with Crippen LogP contribution in [0.15, 0.2) is 59.5 Å². The molecule has 2 N–H and O–H groups in total. The zero-order chi connectivity index (χ0) is 20.1. The summed E-state index contributed by atoms with van der Waals surface area (Å²) in [5.74, 6) is -0.142. The first-order valence-corrected chi connectivity index (χ1v) is 9.77. The minimum Gasteiger partial charge on any atom is -0.497 e. The van der Waals surface area contributed by atoms with E-state index in [2.05, 4.69) is 10.7 Å². The van der Waals surface area contributed by atoms with Gasteiger partial charge in [0.05, 0.1) is 12.9 Å². The molecule has 1 aliphatic heterocycles. The molecule has 7 nitrogen and oxygen atoms in total. The number of carbonyl (C=O) groups is 3. The highest BCUT2D eigenvalue weighted by Gasteiger charge is 2.52. The van der Waals surface area contributed by atoms with Gasteiger partial charge in [-0.25, -0.2) is 4.79 Å². The third kappa shape index (κ3) is 3.82. The number of rotatable bonds is 7. The van der Waals surface area contributed by atoms with E-state index in [1.165, 1.54) is 11.8 Å². The van der Waals surface area contributed by atoms with Crippen LogP contribution in [0, 0.1) is 0 Å². The molecule has 0 radical (unpaired) electrons. The normalized spacial score (nSPS) is 18.7. The van der Waals surface area contributed by atoms with Gasteiger partial charge in [0.1, 0.15) is 11.3 Å². The standard InChI is InChI=1S/C20H21N3O4S/c1-3-20(14-7-5-4-6-8-14)18(25)23(19(26)21-20)22-17(24)13-28-16-11-9-15(27-2)10-12-16/h4-12H,3,13H2,1-2H3,(H,21,26)(H,22,24)/t20-/m0/s1. The number of benzene rings is 2. The molecule has 0 bridgehead atoms. The number of nitrogens with zero attached hydrogens (tertiary/aromatic N) is 1. The molecule has 8 heteroatoms. The van der Waals surface area contributed by atoms with Crippen LogP contribution in [0.5, 0.6) is 5.75 Å². The smallest absolute Gasteiger partial charge is 0.344 e. The molecule has 146 valence electrons. The molecule has 4 amide bonds. The molecule has 0 aliphatic carbocycles. The van der Waals surface area contributed by atoms with Crippen molar-refractivity contribution in [2.24, 2.45) is 0 Å². The Morgan fingerprint density at radius 3 is 2.43 bits per heavy atom. The zero-order valence-electron chi connectivity index (χ0n) is 15.6. The van der Waals surface area contributed by atoms with Crippen LogP contribution in [-0.4, -0.2) is 35.7 Å². The van der Waals surface area contributed by atoms with Crippen LogP contribution >= 0.6 is 11.8 Å². The monoisotopic (exact) mass is 399 g/mol. The molecule has 3 rings (SSSR count). The molecule has 1 aliphatic rings. The number of hydrogen-bond donors (Lipinski definition) is 2. The van der Waals surface area contributed by atoms with E-state index in [0.717, 1.165) is 15.7 Å². The molecular formula is C20H21N3O4S. The van der Waals surface area contributed by atoms with Gasteiger partial charge in [-0.2, -0.15) is 5.01 Å². The van der Waals surface area contributed by atoms with Gasteiger partial charge in [-0.1, -0.05) is 37.3 Å². The van der Waals surface area contributed by atoms with E-state index in [4.69, 9.17) is 4.74 Å². The van der Waals surface area contributed by atoms with Crippen molar-refractivity contribution in [2.75, 3.05) is 12.9 Å². The van der Waals surface area contributed by atoms with Gasteiger partial charge in [0.15, 0.2) is 0 Å². The number of thioether (sulfide) groups is 1. The van der Waals surface area contributed by atoms with Gasteiger partial charge in [-0.05, 0) is 36.2 Å². The quantitative estimate of drug-likeness (QED) is 0.552. The second kappa shape index (κ2) is 8.35. The molecule has 1 saturated heterocycles. The number of hydrogen-bond acceptors (Lipinski definition) is 5. The number of urea groups is 1. The zero-order valence-corrected chi connectivity index (χ0v) is 16.4. The molecule has 2 aromatic carbocycles. The Balaban J connectivity index is 1.65. The van der Waals surface area contributed by atoms with E-state index in [1.807, 2.05) is 25.1 Å². The highest BCUT2D eigenvalue weighted by atomic mass is 32.2. The van der Waals surface area contributed by atoms with Crippen molar-refractivity contribution in [2.45, 2.75) is 23.8 Å². The highest BCUT2D eigenvalue weighted by Crippen LogP contribution is 2.31. The lowest BCUT2D eigenvalue weighted by atomic mass is 9.87. The number of imide groups is 1. The van der Waals surface area contributed by atoms with Crippen LogP contribution in [0.25, 0.3) is 0 Å². The van der Waals surface area contributed by atoms with Crippen LogP contribution in [-0.2, 0) is 15.1 Å². The second-order valence-corrected chi connectivity index (χ2v) is 7.24. The number of hydrazine groups is 1. The summed E-state index contributed by atoms with van der Waals surface area (Å²) in [4.78, 5) is 38.5. The molecule has 1 heterocycles. The number of carbonyl (C=O) groups excluding carboxylic acids is 3. The Kier molecular flexibility index (Phi) is 5.89. The van der Waals surface area contributed by atoms with Gasteiger partial charge in [-0.15, -0.1) is 11.8 Å². The minimum atomic E-state index is -1.17. The molecule has 1 atom stereocenters. The average Bonchev–Trinajstić information content (AvgIpc) is 2.98. The predicted octanol–water partition coefficient (Wildman–Crippen LogP) is 2.68. The maximum absolute atomic E-state index is 13.0. The van der Waals surface area contributed by atoms with Crippen LogP contribution in [0.1, 0.15) is 18.9 Å².